The Labute approximate surface area is 113 Å². The maximum atomic E-state index is 4.36. The van der Waals surface area contributed by atoms with Crippen LogP contribution in [0.5, 0.6) is 0 Å². The molecule has 0 aromatic carbocycles. The average molecular weight is 263 g/mol. The van der Waals surface area contributed by atoms with Gasteiger partial charge in [-0.2, -0.15) is 5.10 Å². The monoisotopic (exact) mass is 263 g/mol. The average Bonchev–Trinajstić information content (AvgIpc) is 2.90. The third-order valence-electron chi connectivity index (χ3n) is 3.23. The summed E-state index contributed by atoms with van der Waals surface area (Å²) in [7, 11) is 2.00. The maximum Gasteiger partial charge on any atom is 0.0704 e. The molecular weight excluding hydrogens is 242 g/mol. The predicted octanol–water partition coefficient (Wildman–Crippen LogP) is 3.19. The quantitative estimate of drug-likeness (QED) is 0.898. The van der Waals surface area contributed by atoms with Crippen molar-refractivity contribution in [1.29, 1.82) is 0 Å². The van der Waals surface area contributed by atoms with Crippen molar-refractivity contribution >= 4 is 11.3 Å². The van der Waals surface area contributed by atoms with E-state index in [1.165, 1.54) is 21.0 Å². The Bertz CT molecular complexity index is 513. The minimum Gasteiger partial charge on any atom is -0.305 e. The van der Waals surface area contributed by atoms with Gasteiger partial charge in [0.25, 0.3) is 0 Å². The Morgan fingerprint density at radius 2 is 2.17 bits per heavy atom. The van der Waals surface area contributed by atoms with Gasteiger partial charge in [0.2, 0.25) is 0 Å². The van der Waals surface area contributed by atoms with Crippen molar-refractivity contribution in [2.24, 2.45) is 7.05 Å². The van der Waals surface area contributed by atoms with Crippen LogP contribution < -0.4 is 5.32 Å². The number of thiophene rings is 1. The van der Waals surface area contributed by atoms with Crippen LogP contribution in [0.15, 0.2) is 18.3 Å². The lowest BCUT2D eigenvalue weighted by Crippen LogP contribution is -2.22. The van der Waals surface area contributed by atoms with E-state index in [4.69, 9.17) is 0 Å². The number of nitrogens with one attached hydrogen (secondary N) is 1. The molecule has 0 amide bonds. The van der Waals surface area contributed by atoms with Crippen LogP contribution in [0.1, 0.15) is 40.4 Å². The standard InChI is InChI=1S/C14H21N3S/c1-5-8-15-14(13-7-6-10(2)18-13)12-9-16-17(4)11(12)3/h6-7,9,14-15H,5,8H2,1-4H3. The van der Waals surface area contributed by atoms with Gasteiger partial charge in [0.05, 0.1) is 12.2 Å². The van der Waals surface area contributed by atoms with Gasteiger partial charge in [-0.05, 0) is 38.9 Å². The van der Waals surface area contributed by atoms with E-state index in [2.05, 4.69) is 43.3 Å². The van der Waals surface area contributed by atoms with Crippen LogP contribution in [0, 0.1) is 13.8 Å². The topological polar surface area (TPSA) is 29.9 Å². The lowest BCUT2D eigenvalue weighted by Gasteiger charge is -2.17. The minimum atomic E-state index is 0.275. The second-order valence-electron chi connectivity index (χ2n) is 4.64. The highest BCUT2D eigenvalue weighted by atomic mass is 32.1. The van der Waals surface area contributed by atoms with Crippen molar-refractivity contribution in [2.45, 2.75) is 33.2 Å². The molecule has 0 saturated carbocycles. The normalized spacial score (nSPS) is 12.9. The van der Waals surface area contributed by atoms with Crippen LogP contribution >= 0.6 is 11.3 Å². The van der Waals surface area contributed by atoms with Gasteiger partial charge in [-0.25, -0.2) is 0 Å². The summed E-state index contributed by atoms with van der Waals surface area (Å²) in [5, 5.41) is 7.99. The fourth-order valence-electron chi connectivity index (χ4n) is 2.06. The van der Waals surface area contributed by atoms with Crippen LogP contribution in [0.4, 0.5) is 0 Å². The van der Waals surface area contributed by atoms with E-state index in [1.54, 1.807) is 0 Å². The number of hydrogen-bond acceptors (Lipinski definition) is 3. The largest absolute Gasteiger partial charge is 0.305 e. The zero-order chi connectivity index (χ0) is 13.1. The Kier molecular flexibility index (Phi) is 4.19. The molecule has 0 bridgehead atoms. The summed E-state index contributed by atoms with van der Waals surface area (Å²) >= 11 is 1.86. The molecule has 2 rings (SSSR count). The van der Waals surface area contributed by atoms with E-state index in [9.17, 15) is 0 Å². The summed E-state index contributed by atoms with van der Waals surface area (Å²) < 4.78 is 1.94. The van der Waals surface area contributed by atoms with Gasteiger partial charge in [-0.15, -0.1) is 11.3 Å². The second kappa shape index (κ2) is 5.67. The molecule has 18 heavy (non-hydrogen) atoms. The molecule has 0 radical (unpaired) electrons. The highest BCUT2D eigenvalue weighted by Crippen LogP contribution is 2.29. The predicted molar refractivity (Wildman–Crippen MR) is 77.1 cm³/mol. The van der Waals surface area contributed by atoms with Crippen LogP contribution in [0.25, 0.3) is 0 Å². The fraction of sp³-hybridized carbons (Fsp3) is 0.500. The maximum absolute atomic E-state index is 4.36. The van der Waals surface area contributed by atoms with E-state index in [0.717, 1.165) is 13.0 Å². The molecule has 1 N–H and O–H groups in total. The molecule has 3 nitrogen and oxygen atoms in total. The van der Waals surface area contributed by atoms with Crippen molar-refractivity contribution in [2.75, 3.05) is 6.54 Å². The van der Waals surface area contributed by atoms with Crippen LogP contribution in [0.3, 0.4) is 0 Å². The molecule has 2 heterocycles. The fourth-order valence-corrected chi connectivity index (χ4v) is 3.03. The van der Waals surface area contributed by atoms with Crippen molar-refractivity contribution < 1.29 is 0 Å². The Hall–Kier alpha value is -1.13. The zero-order valence-corrected chi connectivity index (χ0v) is 12.3. The summed E-state index contributed by atoms with van der Waals surface area (Å²) in [6.45, 7) is 7.50. The summed E-state index contributed by atoms with van der Waals surface area (Å²) in [5.74, 6) is 0. The minimum absolute atomic E-state index is 0.275. The second-order valence-corrected chi connectivity index (χ2v) is 5.96. The zero-order valence-electron chi connectivity index (χ0n) is 11.5. The first kappa shape index (κ1) is 13.3. The van der Waals surface area contributed by atoms with Gasteiger partial charge in [-0.3, -0.25) is 4.68 Å². The third-order valence-corrected chi connectivity index (χ3v) is 4.29. The van der Waals surface area contributed by atoms with Gasteiger partial charge in [-0.1, -0.05) is 6.92 Å². The van der Waals surface area contributed by atoms with E-state index >= 15 is 0 Å². The SMILES string of the molecule is CCCNC(c1ccc(C)s1)c1cnn(C)c1C. The van der Waals surface area contributed by atoms with E-state index < -0.39 is 0 Å². The molecule has 98 valence electrons. The summed E-state index contributed by atoms with van der Waals surface area (Å²) in [4.78, 5) is 2.73. The lowest BCUT2D eigenvalue weighted by atomic mass is 10.1. The smallest absolute Gasteiger partial charge is 0.0704 e. The number of aromatic nitrogens is 2. The number of nitrogens with zero attached hydrogens (tertiary/aromatic N) is 2. The Morgan fingerprint density at radius 1 is 1.39 bits per heavy atom. The van der Waals surface area contributed by atoms with Crippen molar-refractivity contribution in [1.82, 2.24) is 15.1 Å². The van der Waals surface area contributed by atoms with Crippen LogP contribution in [0.2, 0.25) is 0 Å². The molecule has 2 aromatic rings. The van der Waals surface area contributed by atoms with Crippen LogP contribution in [-0.4, -0.2) is 16.3 Å². The first-order valence-electron chi connectivity index (χ1n) is 6.41. The van der Waals surface area contributed by atoms with Crippen molar-refractivity contribution in [3.05, 3.63) is 39.3 Å². The van der Waals surface area contributed by atoms with Gasteiger partial charge in [0, 0.05) is 28.1 Å². The van der Waals surface area contributed by atoms with E-state index in [-0.39, 0.29) is 6.04 Å². The third kappa shape index (κ3) is 2.65. The Balaban J connectivity index is 2.33. The highest BCUT2D eigenvalue weighted by molar-refractivity contribution is 7.12. The molecule has 0 saturated heterocycles. The number of hydrogen-bond donors (Lipinski definition) is 1. The van der Waals surface area contributed by atoms with Gasteiger partial charge < -0.3 is 5.32 Å². The molecule has 0 fully saturated rings. The van der Waals surface area contributed by atoms with Gasteiger partial charge in [0.15, 0.2) is 0 Å². The van der Waals surface area contributed by atoms with E-state index in [1.807, 2.05) is 29.3 Å². The number of aryl methyl sites for hydroxylation is 2. The van der Waals surface area contributed by atoms with Crippen molar-refractivity contribution in [3.8, 4) is 0 Å². The van der Waals surface area contributed by atoms with Crippen LogP contribution in [-0.2, 0) is 7.05 Å². The Morgan fingerprint density at radius 3 is 2.67 bits per heavy atom. The van der Waals surface area contributed by atoms with E-state index in [0.29, 0.717) is 0 Å². The molecule has 0 aliphatic rings. The highest BCUT2D eigenvalue weighted by Gasteiger charge is 2.19. The lowest BCUT2D eigenvalue weighted by molar-refractivity contribution is 0.601. The van der Waals surface area contributed by atoms with Gasteiger partial charge in [0.1, 0.15) is 0 Å². The molecule has 0 aliphatic carbocycles. The molecule has 0 aliphatic heterocycles. The summed E-state index contributed by atoms with van der Waals surface area (Å²) in [5.41, 5.74) is 2.52. The molecule has 0 spiro atoms. The summed E-state index contributed by atoms with van der Waals surface area (Å²) in [6.07, 6.45) is 3.12. The van der Waals surface area contributed by atoms with Crippen molar-refractivity contribution in [3.63, 3.8) is 0 Å². The molecule has 1 unspecified atom stereocenters. The molecule has 2 aromatic heterocycles. The molecule has 1 atom stereocenters. The number of rotatable bonds is 5. The van der Waals surface area contributed by atoms with Gasteiger partial charge >= 0.3 is 0 Å². The summed E-state index contributed by atoms with van der Waals surface area (Å²) in [6, 6.07) is 4.68. The molecule has 4 heteroatoms. The first-order valence-corrected chi connectivity index (χ1v) is 7.23. The first-order chi connectivity index (χ1) is 8.63. The molecular formula is C14H21N3S.